The number of hydrogen-bond acceptors (Lipinski definition) is 8. The summed E-state index contributed by atoms with van der Waals surface area (Å²) in [5.41, 5.74) is 6.71. The fourth-order valence-electron chi connectivity index (χ4n) is 3.91. The number of nitrogens with two attached hydrogens (primary N) is 1. The lowest BCUT2D eigenvalue weighted by Crippen LogP contribution is -2.45. The monoisotopic (exact) mass is 422 g/mol. The number of carbonyl (C=O) groups excluding carboxylic acids is 2. The lowest BCUT2D eigenvalue weighted by Gasteiger charge is -2.25. The molecule has 1 amide bonds. The van der Waals surface area contributed by atoms with Crippen LogP contribution in [0.2, 0.25) is 0 Å². The van der Waals surface area contributed by atoms with Crippen molar-refractivity contribution in [3.05, 3.63) is 39.9 Å². The molecule has 1 aromatic carbocycles. The molecule has 10 heteroatoms. The van der Waals surface area contributed by atoms with Crippen molar-refractivity contribution in [2.45, 2.75) is 36.8 Å². The Morgan fingerprint density at radius 2 is 2.03 bits per heavy atom. The Morgan fingerprint density at radius 3 is 2.62 bits per heavy atom. The second kappa shape index (κ2) is 9.10. The van der Waals surface area contributed by atoms with Crippen LogP contribution in [0.25, 0.3) is 0 Å². The van der Waals surface area contributed by atoms with Crippen LogP contribution in [-0.2, 0) is 20.9 Å². The number of rotatable bonds is 6. The van der Waals surface area contributed by atoms with Gasteiger partial charge in [-0.2, -0.15) is 12.6 Å². The zero-order valence-electron chi connectivity index (χ0n) is 16.3. The molecule has 2 N–H and O–H groups in total. The number of benzene rings is 1. The number of nitrogens with zero attached hydrogens (tertiary/aromatic N) is 3. The minimum atomic E-state index is -0.815. The van der Waals surface area contributed by atoms with Crippen molar-refractivity contribution in [3.8, 4) is 0 Å². The molecule has 2 aliphatic heterocycles. The van der Waals surface area contributed by atoms with E-state index in [0.29, 0.717) is 25.1 Å². The largest absolute Gasteiger partial charge is 0.460 e. The molecular formula is C19H26N4O5S. The standard InChI is InChI=1S/C19H26N4O5S/c1-21-10-15(29)8-16(21)18(24)22-7-6-13(9-22)17(20)19(25)28-11-12-2-4-14(5-3-12)23(26)27/h2-5,13,15-17,29H,6-11,20H2,1H3/t13-,15+,16+,17?/m1/s1. The molecule has 3 rings (SSSR count). The minimum Gasteiger partial charge on any atom is -0.460 e. The van der Waals surface area contributed by atoms with Gasteiger partial charge in [0.15, 0.2) is 0 Å². The quantitative estimate of drug-likeness (QED) is 0.301. The van der Waals surface area contributed by atoms with Crippen molar-refractivity contribution in [2.24, 2.45) is 11.7 Å². The summed E-state index contributed by atoms with van der Waals surface area (Å²) in [7, 11) is 1.92. The van der Waals surface area contributed by atoms with Crippen LogP contribution in [0.1, 0.15) is 18.4 Å². The Labute approximate surface area is 174 Å². The maximum absolute atomic E-state index is 12.8. The molecule has 0 bridgehead atoms. The van der Waals surface area contributed by atoms with Crippen LogP contribution < -0.4 is 5.73 Å². The van der Waals surface area contributed by atoms with E-state index in [4.69, 9.17) is 10.5 Å². The van der Waals surface area contributed by atoms with E-state index in [2.05, 4.69) is 12.6 Å². The summed E-state index contributed by atoms with van der Waals surface area (Å²) in [5, 5.41) is 10.9. The summed E-state index contributed by atoms with van der Waals surface area (Å²) in [4.78, 5) is 39.1. The summed E-state index contributed by atoms with van der Waals surface area (Å²) < 4.78 is 5.27. The highest BCUT2D eigenvalue weighted by Crippen LogP contribution is 2.26. The van der Waals surface area contributed by atoms with E-state index in [1.165, 1.54) is 12.1 Å². The number of nitro benzene ring substituents is 1. The van der Waals surface area contributed by atoms with Crippen LogP contribution in [0.5, 0.6) is 0 Å². The summed E-state index contributed by atoms with van der Waals surface area (Å²) >= 11 is 4.47. The number of nitro groups is 1. The maximum Gasteiger partial charge on any atom is 0.323 e. The Kier molecular flexibility index (Phi) is 6.76. The van der Waals surface area contributed by atoms with Crippen LogP contribution in [0.3, 0.4) is 0 Å². The molecule has 2 saturated heterocycles. The van der Waals surface area contributed by atoms with Crippen molar-refractivity contribution >= 4 is 30.2 Å². The lowest BCUT2D eigenvalue weighted by atomic mass is 10.00. The van der Waals surface area contributed by atoms with E-state index in [9.17, 15) is 19.7 Å². The van der Waals surface area contributed by atoms with Crippen LogP contribution in [-0.4, -0.2) is 70.6 Å². The van der Waals surface area contributed by atoms with E-state index >= 15 is 0 Å². The fourth-order valence-corrected chi connectivity index (χ4v) is 4.37. The van der Waals surface area contributed by atoms with Gasteiger partial charge in [0.1, 0.15) is 12.6 Å². The highest BCUT2D eigenvalue weighted by atomic mass is 32.1. The van der Waals surface area contributed by atoms with Crippen molar-refractivity contribution in [2.75, 3.05) is 26.7 Å². The number of ether oxygens (including phenoxy) is 1. The van der Waals surface area contributed by atoms with Crippen molar-refractivity contribution in [1.29, 1.82) is 0 Å². The highest BCUT2D eigenvalue weighted by Gasteiger charge is 2.40. The van der Waals surface area contributed by atoms with Gasteiger partial charge in [-0.05, 0) is 37.6 Å². The second-order valence-electron chi connectivity index (χ2n) is 7.73. The maximum atomic E-state index is 12.8. The van der Waals surface area contributed by atoms with Crippen LogP contribution in [0.15, 0.2) is 24.3 Å². The Balaban J connectivity index is 1.49. The highest BCUT2D eigenvalue weighted by molar-refractivity contribution is 7.81. The topological polar surface area (TPSA) is 119 Å². The first-order valence-corrected chi connectivity index (χ1v) is 10.1. The number of amides is 1. The normalized spacial score (nSPS) is 25.8. The van der Waals surface area contributed by atoms with E-state index < -0.39 is 16.9 Å². The molecule has 0 radical (unpaired) electrons. The van der Waals surface area contributed by atoms with Crippen molar-refractivity contribution in [3.63, 3.8) is 0 Å². The Morgan fingerprint density at radius 1 is 1.34 bits per heavy atom. The first kappa shape index (κ1) is 21.5. The molecule has 29 heavy (non-hydrogen) atoms. The predicted octanol–water partition coefficient (Wildman–Crippen LogP) is 0.816. The molecule has 2 heterocycles. The van der Waals surface area contributed by atoms with Gasteiger partial charge in [-0.15, -0.1) is 0 Å². The van der Waals surface area contributed by atoms with Gasteiger partial charge in [0.05, 0.1) is 11.0 Å². The van der Waals surface area contributed by atoms with Gasteiger partial charge in [-0.25, -0.2) is 0 Å². The SMILES string of the molecule is CN1C[C@@H](S)C[C@H]1C(=O)N1CC[C@@H](C(N)C(=O)OCc2ccc([N+](=O)[O-])cc2)C1. The molecule has 0 aliphatic carbocycles. The number of hydrogen-bond donors (Lipinski definition) is 2. The summed E-state index contributed by atoms with van der Waals surface area (Å²) in [6.07, 6.45) is 1.38. The summed E-state index contributed by atoms with van der Waals surface area (Å²) in [5.74, 6) is -0.615. The fraction of sp³-hybridized carbons (Fsp3) is 0.579. The summed E-state index contributed by atoms with van der Waals surface area (Å²) in [6.45, 7) is 1.80. The van der Waals surface area contributed by atoms with E-state index in [1.807, 2.05) is 11.9 Å². The number of thiol groups is 1. The van der Waals surface area contributed by atoms with Gasteiger partial charge in [-0.3, -0.25) is 24.6 Å². The molecule has 0 saturated carbocycles. The third kappa shape index (κ3) is 5.06. The first-order chi connectivity index (χ1) is 13.8. The average Bonchev–Trinajstić information content (AvgIpc) is 3.31. The first-order valence-electron chi connectivity index (χ1n) is 9.59. The zero-order chi connectivity index (χ0) is 21.1. The van der Waals surface area contributed by atoms with E-state index in [1.54, 1.807) is 17.0 Å². The van der Waals surface area contributed by atoms with Gasteiger partial charge in [0.25, 0.3) is 5.69 Å². The molecule has 9 nitrogen and oxygen atoms in total. The lowest BCUT2D eigenvalue weighted by molar-refractivity contribution is -0.384. The Bertz CT molecular complexity index is 774. The summed E-state index contributed by atoms with van der Waals surface area (Å²) in [6, 6.07) is 4.82. The van der Waals surface area contributed by atoms with Gasteiger partial charge in [0.2, 0.25) is 5.91 Å². The van der Waals surface area contributed by atoms with Gasteiger partial charge >= 0.3 is 5.97 Å². The van der Waals surface area contributed by atoms with Gasteiger partial charge in [-0.1, -0.05) is 0 Å². The number of non-ortho nitro benzene ring substituents is 1. The second-order valence-corrected chi connectivity index (χ2v) is 8.47. The number of carbonyl (C=O) groups is 2. The third-order valence-corrected chi connectivity index (χ3v) is 6.03. The number of likely N-dealkylation sites (N-methyl/N-ethyl adjacent to an activating group) is 1. The van der Waals surface area contributed by atoms with Crippen molar-refractivity contribution in [1.82, 2.24) is 9.80 Å². The Hall–Kier alpha value is -2.17. The number of esters is 1. The molecule has 0 aromatic heterocycles. The van der Waals surface area contributed by atoms with E-state index in [-0.39, 0.29) is 35.4 Å². The molecule has 2 aliphatic rings. The molecule has 0 spiro atoms. The van der Waals surface area contributed by atoms with Gasteiger partial charge < -0.3 is 15.4 Å². The molecule has 158 valence electrons. The van der Waals surface area contributed by atoms with Gasteiger partial charge in [0, 0.05) is 42.9 Å². The minimum absolute atomic E-state index is 0.00387. The van der Waals surface area contributed by atoms with Crippen LogP contribution in [0, 0.1) is 16.0 Å². The molecule has 2 fully saturated rings. The molecule has 1 unspecified atom stereocenters. The average molecular weight is 423 g/mol. The predicted molar refractivity (Wildman–Crippen MR) is 109 cm³/mol. The van der Waals surface area contributed by atoms with E-state index in [0.717, 1.165) is 13.0 Å². The van der Waals surface area contributed by atoms with Crippen LogP contribution >= 0.6 is 12.6 Å². The van der Waals surface area contributed by atoms with Crippen molar-refractivity contribution < 1.29 is 19.2 Å². The van der Waals surface area contributed by atoms with Crippen LogP contribution in [0.4, 0.5) is 5.69 Å². The third-order valence-electron chi connectivity index (χ3n) is 5.66. The molecule has 1 aromatic rings. The number of likely N-dealkylation sites (tertiary alicyclic amines) is 2. The zero-order valence-corrected chi connectivity index (χ0v) is 17.2. The molecular weight excluding hydrogens is 396 g/mol. The molecule has 4 atom stereocenters. The smallest absolute Gasteiger partial charge is 0.323 e.